The average Bonchev–Trinajstić information content (AvgIpc) is 3.99. The van der Waals surface area contributed by atoms with Crippen molar-refractivity contribution in [2.24, 2.45) is 0 Å². The van der Waals surface area contributed by atoms with Crippen molar-refractivity contribution in [3.63, 3.8) is 0 Å². The number of nitrogens with one attached hydrogen (secondary N) is 3. The van der Waals surface area contributed by atoms with Crippen molar-refractivity contribution >= 4 is 23.1 Å². The molecule has 6 saturated carbocycles. The van der Waals surface area contributed by atoms with E-state index in [-0.39, 0.29) is 6.71 Å². The Bertz CT molecular complexity index is 1270. The van der Waals surface area contributed by atoms with Gasteiger partial charge >= 0.3 is 0 Å². The Hall–Kier alpha value is -2.31. The second kappa shape index (κ2) is 16.6. The maximum atomic E-state index is 5.54. The van der Waals surface area contributed by atoms with E-state index in [1.807, 2.05) is 0 Å². The summed E-state index contributed by atoms with van der Waals surface area (Å²) < 4.78 is 0. The molecule has 0 aromatic carbocycles. The first-order chi connectivity index (χ1) is 25.8. The van der Waals surface area contributed by atoms with Gasteiger partial charge in [0, 0.05) is 52.6 Å². The molecule has 9 rings (SSSR count). The van der Waals surface area contributed by atoms with Crippen molar-refractivity contribution in [1.82, 2.24) is 30.6 Å². The topological polar surface area (TPSA) is 86.0 Å². The molecule has 0 saturated heterocycles. The summed E-state index contributed by atoms with van der Waals surface area (Å²) >= 11 is 0. The molecule has 0 unspecified atom stereocenters. The van der Waals surface area contributed by atoms with Gasteiger partial charge in [0.25, 0.3) is 6.71 Å². The minimum Gasteiger partial charge on any atom is -0.283 e. The van der Waals surface area contributed by atoms with E-state index < -0.39 is 0 Å². The van der Waals surface area contributed by atoms with Crippen LogP contribution in [0.1, 0.15) is 262 Å². The van der Waals surface area contributed by atoms with Crippen molar-refractivity contribution in [2.75, 3.05) is 0 Å². The van der Waals surface area contributed by atoms with E-state index in [0.29, 0.717) is 35.5 Å². The lowest BCUT2D eigenvalue weighted by atomic mass is 9.33. The first-order valence-corrected chi connectivity index (χ1v) is 23.1. The summed E-state index contributed by atoms with van der Waals surface area (Å²) in [4.78, 5) is 0. The monoisotopic (exact) mass is 705 g/mol. The fraction of sp³-hybridized carbons (Fsp3) is 0.800. The highest BCUT2D eigenvalue weighted by Gasteiger charge is 2.45. The number of hydrogen-bond acceptors (Lipinski definition) is 3. The number of hydrogen-bond donors (Lipinski definition) is 3. The van der Waals surface area contributed by atoms with Gasteiger partial charge in [0.15, 0.2) is 0 Å². The molecule has 6 aliphatic carbocycles. The van der Waals surface area contributed by atoms with Crippen LogP contribution in [0.3, 0.4) is 0 Å². The fourth-order valence-electron chi connectivity index (χ4n) is 12.6. The minimum atomic E-state index is 0.174. The molecule has 6 aliphatic rings. The molecule has 0 atom stereocenters. The number of aromatic amines is 3. The third kappa shape index (κ3) is 7.14. The van der Waals surface area contributed by atoms with Crippen LogP contribution in [0.4, 0.5) is 0 Å². The van der Waals surface area contributed by atoms with Crippen molar-refractivity contribution in [3.8, 4) is 0 Å². The molecule has 6 fully saturated rings. The quantitative estimate of drug-likeness (QED) is 0.194. The number of rotatable bonds is 9. The van der Waals surface area contributed by atoms with Gasteiger partial charge in [0.2, 0.25) is 0 Å². The molecule has 282 valence electrons. The van der Waals surface area contributed by atoms with Crippen LogP contribution in [0.5, 0.6) is 0 Å². The van der Waals surface area contributed by atoms with Crippen LogP contribution in [0.2, 0.25) is 0 Å². The van der Waals surface area contributed by atoms with Crippen molar-refractivity contribution in [2.45, 2.75) is 228 Å². The van der Waals surface area contributed by atoms with Gasteiger partial charge in [-0.05, 0) is 93.4 Å². The summed E-state index contributed by atoms with van der Waals surface area (Å²) in [5, 5.41) is 28.4. The summed E-state index contributed by atoms with van der Waals surface area (Å²) in [5.74, 6) is 3.44. The largest absolute Gasteiger partial charge is 0.283 e. The minimum absolute atomic E-state index is 0.174. The van der Waals surface area contributed by atoms with E-state index in [2.05, 4.69) is 15.3 Å². The van der Waals surface area contributed by atoms with Gasteiger partial charge in [-0.25, -0.2) is 0 Å². The zero-order valence-electron chi connectivity index (χ0n) is 32.6. The summed E-state index contributed by atoms with van der Waals surface area (Å²) in [6, 6.07) is 0. The number of aromatic nitrogens is 6. The highest BCUT2D eigenvalue weighted by molar-refractivity contribution is 6.97. The van der Waals surface area contributed by atoms with Gasteiger partial charge in [0.1, 0.15) is 0 Å². The third-order valence-electron chi connectivity index (χ3n) is 15.5. The van der Waals surface area contributed by atoms with E-state index in [9.17, 15) is 0 Å². The van der Waals surface area contributed by atoms with Crippen molar-refractivity contribution < 1.29 is 0 Å². The van der Waals surface area contributed by atoms with E-state index in [4.69, 9.17) is 15.3 Å². The Labute approximate surface area is 315 Å². The first kappa shape index (κ1) is 35.4. The zero-order chi connectivity index (χ0) is 34.7. The molecule has 52 heavy (non-hydrogen) atoms. The average molecular weight is 705 g/mol. The molecule has 3 heterocycles. The third-order valence-corrected chi connectivity index (χ3v) is 15.5. The summed E-state index contributed by atoms with van der Waals surface area (Å²) in [5.41, 5.74) is 13.7. The lowest BCUT2D eigenvalue weighted by molar-refractivity contribution is 0.436. The molecule has 0 bridgehead atoms. The van der Waals surface area contributed by atoms with Gasteiger partial charge in [-0.3, -0.25) is 15.3 Å². The standard InChI is InChI=1S/C45H69BN6/c1-7-19-31(20-8-1)40-37(41(48-47-40)32-21-9-2-10-22-32)46(38-42(33-23-11-3-12-24-33)49-50-43(38)34-25-13-4-14-26-34)39-44(35-27-15-5-16-28-35)51-52-45(39)36-29-17-6-18-30-36/h31-36H,1-30H2,(H,47,48)(H,49,50)(H,51,52). The van der Waals surface area contributed by atoms with Crippen LogP contribution < -0.4 is 16.4 Å². The van der Waals surface area contributed by atoms with Crippen molar-refractivity contribution in [1.29, 1.82) is 0 Å². The van der Waals surface area contributed by atoms with Gasteiger partial charge in [-0.2, -0.15) is 15.3 Å². The molecule has 6 nitrogen and oxygen atoms in total. The van der Waals surface area contributed by atoms with Crippen molar-refractivity contribution in [3.05, 3.63) is 34.2 Å². The Morgan fingerprint density at radius 2 is 0.500 bits per heavy atom. The van der Waals surface area contributed by atoms with Crippen LogP contribution in [-0.4, -0.2) is 37.3 Å². The van der Waals surface area contributed by atoms with Crippen LogP contribution in [0, 0.1) is 0 Å². The lowest BCUT2D eigenvalue weighted by Crippen LogP contribution is -2.59. The van der Waals surface area contributed by atoms with Gasteiger partial charge in [-0.15, -0.1) is 0 Å². The van der Waals surface area contributed by atoms with Gasteiger partial charge in [-0.1, -0.05) is 116 Å². The predicted molar refractivity (Wildman–Crippen MR) is 215 cm³/mol. The molecule has 0 radical (unpaired) electrons. The molecule has 3 aromatic heterocycles. The van der Waals surface area contributed by atoms with Crippen LogP contribution in [-0.2, 0) is 0 Å². The van der Waals surface area contributed by atoms with E-state index in [1.54, 1.807) is 16.4 Å². The first-order valence-electron chi connectivity index (χ1n) is 23.1. The lowest BCUT2D eigenvalue weighted by Gasteiger charge is -2.32. The molecular weight excluding hydrogens is 635 g/mol. The molecule has 7 heteroatoms. The highest BCUT2D eigenvalue weighted by Crippen LogP contribution is 2.41. The summed E-state index contributed by atoms with van der Waals surface area (Å²) in [6.45, 7) is 0.174. The predicted octanol–water partition coefficient (Wildman–Crippen LogP) is 10.7. The normalized spacial score (nSPS) is 24.5. The molecule has 0 amide bonds. The molecule has 0 spiro atoms. The molecule has 3 N–H and O–H groups in total. The molecular formula is C45H69BN6. The second-order valence-corrected chi connectivity index (χ2v) is 18.8. The fourth-order valence-corrected chi connectivity index (χ4v) is 12.6. The Balaban J connectivity index is 1.32. The molecule has 0 aliphatic heterocycles. The second-order valence-electron chi connectivity index (χ2n) is 18.8. The van der Waals surface area contributed by atoms with Crippen LogP contribution >= 0.6 is 0 Å². The van der Waals surface area contributed by atoms with E-state index in [1.165, 1.54) is 227 Å². The summed E-state index contributed by atoms with van der Waals surface area (Å²) in [7, 11) is 0. The van der Waals surface area contributed by atoms with Crippen LogP contribution in [0.25, 0.3) is 0 Å². The Kier molecular flexibility index (Phi) is 11.3. The Morgan fingerprint density at radius 3 is 0.731 bits per heavy atom. The SMILES string of the molecule is C1CCC(c2n[nH]c(C3CCCCC3)c2B(c2c(C3CCCCC3)n[nH]c2C2CCCCC2)c2c(C3CCCCC3)n[nH]c2C2CCCCC2)CC1. The summed E-state index contributed by atoms with van der Waals surface area (Å²) in [6.07, 6.45) is 40.1. The van der Waals surface area contributed by atoms with Gasteiger partial charge in [0.05, 0.1) is 17.1 Å². The number of nitrogens with zero attached hydrogens (tertiary/aromatic N) is 3. The highest BCUT2D eigenvalue weighted by atomic mass is 15.1. The Morgan fingerprint density at radius 1 is 0.288 bits per heavy atom. The maximum absolute atomic E-state index is 5.54. The van der Waals surface area contributed by atoms with Gasteiger partial charge < -0.3 is 0 Å². The smallest absolute Gasteiger partial charge is 0.255 e. The van der Waals surface area contributed by atoms with E-state index >= 15 is 0 Å². The van der Waals surface area contributed by atoms with Crippen LogP contribution in [0.15, 0.2) is 0 Å². The zero-order valence-corrected chi connectivity index (χ0v) is 32.6. The maximum Gasteiger partial charge on any atom is 0.255 e. The van der Waals surface area contributed by atoms with E-state index in [0.717, 1.165) is 0 Å². The number of H-pyrrole nitrogens is 3. The molecule has 3 aromatic rings.